The van der Waals surface area contributed by atoms with Crippen LogP contribution in [-0.4, -0.2) is 25.8 Å². The number of hydrogen-bond acceptors (Lipinski definition) is 3. The van der Waals surface area contributed by atoms with Gasteiger partial charge < -0.3 is 9.47 Å². The highest BCUT2D eigenvalue weighted by molar-refractivity contribution is 5.69. The molecule has 1 rings (SSSR count). The summed E-state index contributed by atoms with van der Waals surface area (Å²) in [4.78, 5) is 10.4. The molecule has 1 heterocycles. The van der Waals surface area contributed by atoms with E-state index in [0.29, 0.717) is 26.2 Å². The zero-order valence-corrected chi connectivity index (χ0v) is 6.55. The SMILES string of the molecule is CC.O=C1CCOCCO1. The summed E-state index contributed by atoms with van der Waals surface area (Å²) in [6.07, 6.45) is 0.403. The Hall–Kier alpha value is -0.570. The molecule has 0 bridgehead atoms. The van der Waals surface area contributed by atoms with E-state index in [1.54, 1.807) is 0 Å². The van der Waals surface area contributed by atoms with Gasteiger partial charge in [-0.25, -0.2) is 0 Å². The molecule has 0 aromatic rings. The second kappa shape index (κ2) is 6.55. The number of hydrogen-bond donors (Lipinski definition) is 0. The molecular formula is C7H14O3. The van der Waals surface area contributed by atoms with E-state index in [1.807, 2.05) is 13.8 Å². The molecule has 3 heteroatoms. The summed E-state index contributed by atoms with van der Waals surface area (Å²) in [7, 11) is 0. The van der Waals surface area contributed by atoms with Crippen molar-refractivity contribution in [1.82, 2.24) is 0 Å². The predicted molar refractivity (Wildman–Crippen MR) is 37.7 cm³/mol. The number of ether oxygens (including phenoxy) is 2. The van der Waals surface area contributed by atoms with Gasteiger partial charge in [-0.3, -0.25) is 4.79 Å². The highest BCUT2D eigenvalue weighted by Crippen LogP contribution is 1.92. The third-order valence-corrected chi connectivity index (χ3v) is 0.941. The standard InChI is InChI=1S/C5H8O3.C2H6/c6-5-1-2-7-3-4-8-5;1-2/h1-4H2;1-2H3. The molecule has 0 aliphatic carbocycles. The van der Waals surface area contributed by atoms with Crippen LogP contribution in [0.3, 0.4) is 0 Å². The molecule has 0 N–H and O–H groups in total. The first-order valence-electron chi connectivity index (χ1n) is 3.63. The van der Waals surface area contributed by atoms with Crippen LogP contribution in [0.5, 0.6) is 0 Å². The maximum Gasteiger partial charge on any atom is 0.308 e. The summed E-state index contributed by atoms with van der Waals surface area (Å²) in [6.45, 7) is 5.48. The molecule has 0 unspecified atom stereocenters. The molecular weight excluding hydrogens is 132 g/mol. The average Bonchev–Trinajstić information content (AvgIpc) is 2.21. The Labute approximate surface area is 61.3 Å². The van der Waals surface area contributed by atoms with Gasteiger partial charge in [-0.05, 0) is 0 Å². The first kappa shape index (κ1) is 9.43. The van der Waals surface area contributed by atoms with E-state index < -0.39 is 0 Å². The molecule has 0 aromatic carbocycles. The van der Waals surface area contributed by atoms with Crippen molar-refractivity contribution in [2.45, 2.75) is 20.3 Å². The van der Waals surface area contributed by atoms with Gasteiger partial charge in [0.1, 0.15) is 6.61 Å². The monoisotopic (exact) mass is 146 g/mol. The molecule has 0 aromatic heterocycles. The van der Waals surface area contributed by atoms with Crippen molar-refractivity contribution in [2.24, 2.45) is 0 Å². The average molecular weight is 146 g/mol. The topological polar surface area (TPSA) is 35.5 Å². The molecule has 0 saturated carbocycles. The van der Waals surface area contributed by atoms with Crippen molar-refractivity contribution in [1.29, 1.82) is 0 Å². The molecule has 60 valence electrons. The third-order valence-electron chi connectivity index (χ3n) is 0.941. The summed E-state index contributed by atoms with van der Waals surface area (Å²) in [5.74, 6) is -0.150. The van der Waals surface area contributed by atoms with Crippen LogP contribution in [0, 0.1) is 0 Å². The van der Waals surface area contributed by atoms with E-state index in [1.165, 1.54) is 0 Å². The minimum absolute atomic E-state index is 0.150. The van der Waals surface area contributed by atoms with E-state index in [-0.39, 0.29) is 5.97 Å². The van der Waals surface area contributed by atoms with Crippen molar-refractivity contribution >= 4 is 5.97 Å². The number of esters is 1. The summed E-state index contributed by atoms with van der Waals surface area (Å²) in [6, 6.07) is 0. The van der Waals surface area contributed by atoms with Crippen LogP contribution in [0.1, 0.15) is 20.3 Å². The summed E-state index contributed by atoms with van der Waals surface area (Å²) in [5, 5.41) is 0. The van der Waals surface area contributed by atoms with Gasteiger partial charge in [0.15, 0.2) is 0 Å². The van der Waals surface area contributed by atoms with Gasteiger partial charge >= 0.3 is 5.97 Å². The molecule has 1 fully saturated rings. The van der Waals surface area contributed by atoms with Gasteiger partial charge in [-0.1, -0.05) is 13.8 Å². The largest absolute Gasteiger partial charge is 0.463 e. The second-order valence-corrected chi connectivity index (χ2v) is 1.58. The zero-order chi connectivity index (χ0) is 7.82. The molecule has 0 atom stereocenters. The molecule has 1 saturated heterocycles. The minimum atomic E-state index is -0.150. The quantitative estimate of drug-likeness (QED) is 0.478. The lowest BCUT2D eigenvalue weighted by molar-refractivity contribution is -0.142. The van der Waals surface area contributed by atoms with Gasteiger partial charge in [0.05, 0.1) is 19.6 Å². The fraction of sp³-hybridized carbons (Fsp3) is 0.857. The second-order valence-electron chi connectivity index (χ2n) is 1.58. The molecule has 0 radical (unpaired) electrons. The summed E-state index contributed by atoms with van der Waals surface area (Å²) >= 11 is 0. The van der Waals surface area contributed by atoms with E-state index in [9.17, 15) is 4.79 Å². The lowest BCUT2D eigenvalue weighted by atomic mass is 10.5. The van der Waals surface area contributed by atoms with Crippen LogP contribution in [0.15, 0.2) is 0 Å². The Kier molecular flexibility index (Phi) is 6.18. The van der Waals surface area contributed by atoms with Gasteiger partial charge in [0, 0.05) is 0 Å². The van der Waals surface area contributed by atoms with E-state index in [2.05, 4.69) is 4.74 Å². The maximum atomic E-state index is 10.4. The molecule has 1 aliphatic rings. The van der Waals surface area contributed by atoms with Crippen molar-refractivity contribution in [3.05, 3.63) is 0 Å². The van der Waals surface area contributed by atoms with Crippen molar-refractivity contribution in [3.63, 3.8) is 0 Å². The summed E-state index contributed by atoms with van der Waals surface area (Å²) in [5.41, 5.74) is 0. The Morgan fingerprint density at radius 1 is 1.20 bits per heavy atom. The Morgan fingerprint density at radius 3 is 2.60 bits per heavy atom. The Morgan fingerprint density at radius 2 is 1.90 bits per heavy atom. The van der Waals surface area contributed by atoms with Crippen LogP contribution in [0.2, 0.25) is 0 Å². The molecule has 3 nitrogen and oxygen atoms in total. The van der Waals surface area contributed by atoms with E-state index in [0.717, 1.165) is 0 Å². The molecule has 1 aliphatic heterocycles. The van der Waals surface area contributed by atoms with E-state index >= 15 is 0 Å². The minimum Gasteiger partial charge on any atom is -0.463 e. The highest BCUT2D eigenvalue weighted by Gasteiger charge is 2.05. The maximum absolute atomic E-state index is 10.4. The fourth-order valence-corrected chi connectivity index (χ4v) is 0.544. The Bertz CT molecular complexity index is 80.9. The van der Waals surface area contributed by atoms with Crippen molar-refractivity contribution in [2.75, 3.05) is 19.8 Å². The number of cyclic esters (lactones) is 1. The number of rotatable bonds is 0. The first-order chi connectivity index (χ1) is 4.89. The predicted octanol–water partition coefficient (Wildman–Crippen LogP) is 0.976. The molecule has 10 heavy (non-hydrogen) atoms. The van der Waals surface area contributed by atoms with Crippen LogP contribution in [-0.2, 0) is 14.3 Å². The highest BCUT2D eigenvalue weighted by atomic mass is 16.6. The first-order valence-corrected chi connectivity index (χ1v) is 3.63. The zero-order valence-electron chi connectivity index (χ0n) is 6.55. The summed E-state index contributed by atoms with van der Waals surface area (Å²) < 4.78 is 9.56. The van der Waals surface area contributed by atoms with Crippen LogP contribution in [0.25, 0.3) is 0 Å². The third kappa shape index (κ3) is 4.32. The van der Waals surface area contributed by atoms with Gasteiger partial charge in [-0.15, -0.1) is 0 Å². The normalized spacial score (nSPS) is 18.0. The van der Waals surface area contributed by atoms with Crippen LogP contribution >= 0.6 is 0 Å². The number of carbonyl (C=O) groups excluding carboxylic acids is 1. The molecule has 0 amide bonds. The van der Waals surface area contributed by atoms with Gasteiger partial charge in [0.2, 0.25) is 0 Å². The van der Waals surface area contributed by atoms with E-state index in [4.69, 9.17) is 4.74 Å². The smallest absolute Gasteiger partial charge is 0.308 e. The van der Waals surface area contributed by atoms with Crippen molar-refractivity contribution < 1.29 is 14.3 Å². The van der Waals surface area contributed by atoms with Crippen molar-refractivity contribution in [3.8, 4) is 0 Å². The fourth-order valence-electron chi connectivity index (χ4n) is 0.544. The lowest BCUT2D eigenvalue weighted by Gasteiger charge is -1.93. The van der Waals surface area contributed by atoms with Crippen LogP contribution < -0.4 is 0 Å². The lowest BCUT2D eigenvalue weighted by Crippen LogP contribution is -2.02. The Balaban J connectivity index is 0.000000371. The number of carbonyl (C=O) groups is 1. The van der Waals surface area contributed by atoms with Gasteiger partial charge in [-0.2, -0.15) is 0 Å². The molecule has 0 spiro atoms. The van der Waals surface area contributed by atoms with Crippen LogP contribution in [0.4, 0.5) is 0 Å². The van der Waals surface area contributed by atoms with Gasteiger partial charge in [0.25, 0.3) is 0 Å².